The summed E-state index contributed by atoms with van der Waals surface area (Å²) < 4.78 is 9.96. The number of ketones is 1. The number of aliphatic hydroxyl groups is 1. The van der Waals surface area contributed by atoms with Gasteiger partial charge < -0.3 is 14.6 Å². The van der Waals surface area contributed by atoms with Gasteiger partial charge in [0.05, 0.1) is 6.61 Å². The molecule has 1 aliphatic rings. The van der Waals surface area contributed by atoms with Crippen molar-refractivity contribution < 1.29 is 19.4 Å². The van der Waals surface area contributed by atoms with Gasteiger partial charge in [-0.3, -0.25) is 4.79 Å². The van der Waals surface area contributed by atoms with Gasteiger partial charge in [0.1, 0.15) is 6.10 Å². The van der Waals surface area contributed by atoms with Crippen LogP contribution < -0.4 is 0 Å². The Kier molecular flexibility index (Phi) is 2.99. The molecule has 0 saturated carbocycles. The molecule has 1 aliphatic heterocycles. The first-order chi connectivity index (χ1) is 5.27. The first-order valence-electron chi connectivity index (χ1n) is 3.59. The van der Waals surface area contributed by atoms with Gasteiger partial charge in [0.25, 0.3) is 0 Å². The number of hydrogen-bond acceptors (Lipinski definition) is 4. The molecule has 0 radical (unpaired) electrons. The second-order valence-electron chi connectivity index (χ2n) is 2.48. The average molecular weight is 160 g/mol. The summed E-state index contributed by atoms with van der Waals surface area (Å²) in [6, 6.07) is 0. The van der Waals surface area contributed by atoms with Crippen molar-refractivity contribution in [1.82, 2.24) is 0 Å². The summed E-state index contributed by atoms with van der Waals surface area (Å²) >= 11 is 0. The van der Waals surface area contributed by atoms with Crippen molar-refractivity contribution in [2.75, 3.05) is 13.7 Å². The van der Waals surface area contributed by atoms with Crippen LogP contribution in [0.25, 0.3) is 0 Å². The fourth-order valence-electron chi connectivity index (χ4n) is 1.07. The second-order valence-corrected chi connectivity index (χ2v) is 2.48. The largest absolute Gasteiger partial charge is 0.393 e. The van der Waals surface area contributed by atoms with Crippen LogP contribution in [0.4, 0.5) is 0 Å². The topological polar surface area (TPSA) is 55.8 Å². The van der Waals surface area contributed by atoms with Gasteiger partial charge in [0.2, 0.25) is 0 Å². The summed E-state index contributed by atoms with van der Waals surface area (Å²) in [4.78, 5) is 10.9. The maximum Gasteiger partial charge on any atom is 0.164 e. The zero-order valence-corrected chi connectivity index (χ0v) is 6.45. The quantitative estimate of drug-likeness (QED) is 0.602. The molecular formula is C7H12O4. The van der Waals surface area contributed by atoms with Gasteiger partial charge in [-0.1, -0.05) is 0 Å². The van der Waals surface area contributed by atoms with Gasteiger partial charge in [-0.05, 0) is 0 Å². The summed E-state index contributed by atoms with van der Waals surface area (Å²) in [5, 5.41) is 8.67. The van der Waals surface area contributed by atoms with Crippen molar-refractivity contribution in [3.63, 3.8) is 0 Å². The number of carbonyl (C=O) groups is 1. The fourth-order valence-corrected chi connectivity index (χ4v) is 1.07. The Balaban J connectivity index is 2.44. The summed E-state index contributed by atoms with van der Waals surface area (Å²) in [6.45, 7) is -0.251. The Morgan fingerprint density at radius 1 is 1.82 bits per heavy atom. The molecule has 64 valence electrons. The molecular weight excluding hydrogens is 148 g/mol. The molecule has 0 aromatic heterocycles. The zero-order chi connectivity index (χ0) is 8.27. The number of Topliss-reactive ketones (excluding diaryl/α,β-unsaturated/α-hetero) is 1. The minimum atomic E-state index is -0.673. The van der Waals surface area contributed by atoms with Crippen molar-refractivity contribution in [3.8, 4) is 0 Å². The first-order valence-corrected chi connectivity index (χ1v) is 3.59. The number of rotatable bonds is 2. The molecule has 4 heteroatoms. The summed E-state index contributed by atoms with van der Waals surface area (Å²) in [5.41, 5.74) is 0. The van der Waals surface area contributed by atoms with E-state index >= 15 is 0 Å². The lowest BCUT2D eigenvalue weighted by Crippen LogP contribution is -2.38. The lowest BCUT2D eigenvalue weighted by atomic mass is 10.1. The normalized spacial score (nSPS) is 32.4. The van der Waals surface area contributed by atoms with Crippen LogP contribution in [0.3, 0.4) is 0 Å². The molecule has 1 heterocycles. The SMILES string of the molecule is CO[C@H]1CCC(=O)[C@@H](CO)O1. The van der Waals surface area contributed by atoms with Crippen LogP contribution in [0.15, 0.2) is 0 Å². The minimum absolute atomic E-state index is 0.0409. The van der Waals surface area contributed by atoms with Gasteiger partial charge in [0.15, 0.2) is 12.1 Å². The molecule has 0 aromatic carbocycles. The van der Waals surface area contributed by atoms with Gasteiger partial charge in [-0.25, -0.2) is 0 Å². The molecule has 0 aliphatic carbocycles. The molecule has 1 saturated heterocycles. The van der Waals surface area contributed by atoms with E-state index < -0.39 is 6.10 Å². The third-order valence-corrected chi connectivity index (χ3v) is 1.73. The predicted octanol–water partition coefficient (Wildman–Crippen LogP) is -0.301. The Morgan fingerprint density at radius 2 is 2.55 bits per heavy atom. The zero-order valence-electron chi connectivity index (χ0n) is 6.45. The average Bonchev–Trinajstić information content (AvgIpc) is 2.05. The number of carbonyl (C=O) groups excluding carboxylic acids is 1. The van der Waals surface area contributed by atoms with E-state index in [4.69, 9.17) is 14.6 Å². The van der Waals surface area contributed by atoms with E-state index in [2.05, 4.69) is 0 Å². The highest BCUT2D eigenvalue weighted by Crippen LogP contribution is 2.15. The molecule has 0 unspecified atom stereocenters. The molecule has 0 amide bonds. The molecule has 1 fully saturated rings. The van der Waals surface area contributed by atoms with Crippen LogP contribution in [0.2, 0.25) is 0 Å². The van der Waals surface area contributed by atoms with E-state index in [-0.39, 0.29) is 18.7 Å². The number of aliphatic hydroxyl groups excluding tert-OH is 1. The Morgan fingerprint density at radius 3 is 3.09 bits per heavy atom. The van der Waals surface area contributed by atoms with Gasteiger partial charge >= 0.3 is 0 Å². The van der Waals surface area contributed by atoms with Crippen molar-refractivity contribution in [2.45, 2.75) is 25.2 Å². The molecule has 4 nitrogen and oxygen atoms in total. The Bertz CT molecular complexity index is 145. The predicted molar refractivity (Wildman–Crippen MR) is 37.0 cm³/mol. The van der Waals surface area contributed by atoms with E-state index in [1.165, 1.54) is 7.11 Å². The third-order valence-electron chi connectivity index (χ3n) is 1.73. The monoisotopic (exact) mass is 160 g/mol. The molecule has 11 heavy (non-hydrogen) atoms. The lowest BCUT2D eigenvalue weighted by molar-refractivity contribution is -0.191. The Labute approximate surface area is 65.1 Å². The van der Waals surface area contributed by atoms with Crippen molar-refractivity contribution >= 4 is 5.78 Å². The van der Waals surface area contributed by atoms with E-state index in [0.717, 1.165) is 0 Å². The minimum Gasteiger partial charge on any atom is -0.393 e. The van der Waals surface area contributed by atoms with Gasteiger partial charge in [-0.15, -0.1) is 0 Å². The Hall–Kier alpha value is -0.450. The number of hydrogen-bond donors (Lipinski definition) is 1. The highest BCUT2D eigenvalue weighted by molar-refractivity contribution is 5.83. The smallest absolute Gasteiger partial charge is 0.164 e. The van der Waals surface area contributed by atoms with Crippen molar-refractivity contribution in [1.29, 1.82) is 0 Å². The van der Waals surface area contributed by atoms with Crippen molar-refractivity contribution in [3.05, 3.63) is 0 Å². The van der Waals surface area contributed by atoms with Crippen LogP contribution in [0, 0.1) is 0 Å². The maximum absolute atomic E-state index is 10.9. The molecule has 0 spiro atoms. The highest BCUT2D eigenvalue weighted by atomic mass is 16.7. The van der Waals surface area contributed by atoms with E-state index in [1.807, 2.05) is 0 Å². The first kappa shape index (κ1) is 8.64. The fraction of sp³-hybridized carbons (Fsp3) is 0.857. The van der Waals surface area contributed by atoms with Crippen molar-refractivity contribution in [2.24, 2.45) is 0 Å². The summed E-state index contributed by atoms with van der Waals surface area (Å²) in [6.07, 6.45) is 0.0220. The van der Waals surface area contributed by atoms with Gasteiger partial charge in [0, 0.05) is 20.0 Å². The second kappa shape index (κ2) is 3.80. The summed E-state index contributed by atoms with van der Waals surface area (Å²) in [7, 11) is 1.52. The van der Waals surface area contributed by atoms with Crippen LogP contribution >= 0.6 is 0 Å². The molecule has 1 rings (SSSR count). The number of ether oxygens (including phenoxy) is 2. The highest BCUT2D eigenvalue weighted by Gasteiger charge is 2.28. The van der Waals surface area contributed by atoms with E-state index in [1.54, 1.807) is 0 Å². The molecule has 2 atom stereocenters. The van der Waals surface area contributed by atoms with E-state index in [9.17, 15) is 4.79 Å². The maximum atomic E-state index is 10.9. The molecule has 0 aromatic rings. The molecule has 1 N–H and O–H groups in total. The number of methoxy groups -OCH3 is 1. The van der Waals surface area contributed by atoms with Gasteiger partial charge in [-0.2, -0.15) is 0 Å². The van der Waals surface area contributed by atoms with Crippen LogP contribution in [0.1, 0.15) is 12.8 Å². The van der Waals surface area contributed by atoms with E-state index in [0.29, 0.717) is 12.8 Å². The lowest BCUT2D eigenvalue weighted by Gasteiger charge is -2.26. The molecule has 0 bridgehead atoms. The third kappa shape index (κ3) is 1.99. The standard InChI is InChI=1S/C7H12O4/c1-10-7-3-2-5(9)6(4-8)11-7/h6-8H,2-4H2,1H3/t6-,7-/m1/s1. The van der Waals surface area contributed by atoms with Crippen LogP contribution in [-0.2, 0) is 14.3 Å². The summed E-state index contributed by atoms with van der Waals surface area (Å²) in [5.74, 6) is -0.0409. The van der Waals surface area contributed by atoms with Crippen LogP contribution in [-0.4, -0.2) is 37.0 Å². The van der Waals surface area contributed by atoms with Crippen LogP contribution in [0.5, 0.6) is 0 Å².